The molecule has 2 atom stereocenters. The summed E-state index contributed by atoms with van der Waals surface area (Å²) in [5.41, 5.74) is 0. The highest BCUT2D eigenvalue weighted by atomic mass is 16.5. The van der Waals surface area contributed by atoms with Crippen LogP contribution in [-0.2, 0) is 4.74 Å². The molecule has 0 amide bonds. The second-order valence-corrected chi connectivity index (χ2v) is 6.06. The van der Waals surface area contributed by atoms with Crippen molar-refractivity contribution in [2.75, 3.05) is 54.0 Å². The van der Waals surface area contributed by atoms with E-state index in [1.165, 1.54) is 25.8 Å². The van der Waals surface area contributed by atoms with Crippen molar-refractivity contribution in [2.45, 2.75) is 31.3 Å². The Hall–Kier alpha value is -0.160. The highest BCUT2D eigenvalue weighted by Gasteiger charge is 2.30. The van der Waals surface area contributed by atoms with Gasteiger partial charge in [-0.3, -0.25) is 0 Å². The molecule has 2 fully saturated rings. The van der Waals surface area contributed by atoms with Crippen LogP contribution in [0.2, 0.25) is 0 Å². The third-order valence-corrected chi connectivity index (χ3v) is 4.63. The molecule has 0 spiro atoms. The van der Waals surface area contributed by atoms with Crippen LogP contribution < -0.4 is 5.32 Å². The minimum atomic E-state index is 0.689. The summed E-state index contributed by atoms with van der Waals surface area (Å²) in [7, 11) is 6.73. The first-order valence-electron chi connectivity index (χ1n) is 7.33. The Morgan fingerprint density at radius 3 is 2.67 bits per heavy atom. The van der Waals surface area contributed by atoms with Gasteiger partial charge in [0.15, 0.2) is 0 Å². The molecule has 2 saturated heterocycles. The van der Waals surface area contributed by atoms with Crippen LogP contribution in [0.25, 0.3) is 0 Å². The van der Waals surface area contributed by atoms with Crippen LogP contribution in [0.5, 0.6) is 0 Å². The number of hydrogen-bond acceptors (Lipinski definition) is 4. The van der Waals surface area contributed by atoms with Gasteiger partial charge in [0.25, 0.3) is 0 Å². The van der Waals surface area contributed by atoms with Crippen LogP contribution in [0.4, 0.5) is 0 Å². The molecule has 4 heteroatoms. The van der Waals surface area contributed by atoms with E-state index in [1.54, 1.807) is 0 Å². The highest BCUT2D eigenvalue weighted by molar-refractivity contribution is 4.86. The summed E-state index contributed by atoms with van der Waals surface area (Å²) in [5, 5.41) is 3.53. The van der Waals surface area contributed by atoms with E-state index in [0.717, 1.165) is 32.2 Å². The van der Waals surface area contributed by atoms with E-state index in [1.807, 2.05) is 0 Å². The van der Waals surface area contributed by atoms with Gasteiger partial charge in [-0.1, -0.05) is 0 Å². The van der Waals surface area contributed by atoms with Crippen molar-refractivity contribution >= 4 is 0 Å². The van der Waals surface area contributed by atoms with Gasteiger partial charge < -0.3 is 19.9 Å². The molecule has 0 bridgehead atoms. The Bertz CT molecular complexity index is 241. The van der Waals surface area contributed by atoms with E-state index in [-0.39, 0.29) is 0 Å². The van der Waals surface area contributed by atoms with Crippen LogP contribution >= 0.6 is 0 Å². The lowest BCUT2D eigenvalue weighted by molar-refractivity contribution is 0.0257. The molecule has 2 unspecified atom stereocenters. The molecule has 0 saturated carbocycles. The minimum absolute atomic E-state index is 0.689. The predicted molar refractivity (Wildman–Crippen MR) is 74.9 cm³/mol. The van der Waals surface area contributed by atoms with Crippen molar-refractivity contribution in [1.29, 1.82) is 0 Å². The normalized spacial score (nSPS) is 29.7. The third kappa shape index (κ3) is 3.67. The predicted octanol–water partition coefficient (Wildman–Crippen LogP) is 0.637. The number of nitrogens with zero attached hydrogens (tertiary/aromatic N) is 2. The summed E-state index contributed by atoms with van der Waals surface area (Å²) < 4.78 is 5.50. The highest BCUT2D eigenvalue weighted by Crippen LogP contribution is 2.26. The second-order valence-electron chi connectivity index (χ2n) is 6.06. The smallest absolute Gasteiger partial charge is 0.0469 e. The Morgan fingerprint density at radius 1 is 1.33 bits per heavy atom. The van der Waals surface area contributed by atoms with E-state index >= 15 is 0 Å². The molecule has 2 rings (SSSR count). The SMILES string of the molecule is CN(C)C(CC1CNCCN1C)C1CCOCC1. The van der Waals surface area contributed by atoms with Crippen molar-refractivity contribution in [3.63, 3.8) is 0 Å². The van der Waals surface area contributed by atoms with Crippen molar-refractivity contribution in [3.05, 3.63) is 0 Å². The zero-order chi connectivity index (χ0) is 13.0. The molecule has 0 aliphatic carbocycles. The third-order valence-electron chi connectivity index (χ3n) is 4.63. The standard InChI is InChI=1S/C14H29N3O/c1-16(2)14(12-4-8-18-9-5-12)10-13-11-15-6-7-17(13)3/h12-15H,4-11H2,1-3H3. The molecule has 0 aromatic carbocycles. The number of piperazine rings is 1. The van der Waals surface area contributed by atoms with E-state index in [2.05, 4.69) is 36.3 Å². The molecular weight excluding hydrogens is 226 g/mol. The monoisotopic (exact) mass is 255 g/mol. The van der Waals surface area contributed by atoms with E-state index in [9.17, 15) is 0 Å². The molecule has 0 aromatic rings. The molecule has 1 N–H and O–H groups in total. The molecule has 2 heterocycles. The second kappa shape index (κ2) is 6.85. The average molecular weight is 255 g/mol. The lowest BCUT2D eigenvalue weighted by Crippen LogP contribution is -2.52. The molecule has 2 aliphatic heterocycles. The summed E-state index contributed by atoms with van der Waals surface area (Å²) in [4.78, 5) is 4.95. The largest absolute Gasteiger partial charge is 0.381 e. The fraction of sp³-hybridized carbons (Fsp3) is 1.00. The maximum atomic E-state index is 5.50. The van der Waals surface area contributed by atoms with Crippen molar-refractivity contribution in [1.82, 2.24) is 15.1 Å². The number of likely N-dealkylation sites (N-methyl/N-ethyl adjacent to an activating group) is 1. The number of nitrogens with one attached hydrogen (secondary N) is 1. The van der Waals surface area contributed by atoms with Gasteiger partial charge in [-0.25, -0.2) is 0 Å². The topological polar surface area (TPSA) is 27.7 Å². The minimum Gasteiger partial charge on any atom is -0.381 e. The van der Waals surface area contributed by atoms with Crippen LogP contribution in [0, 0.1) is 5.92 Å². The summed E-state index contributed by atoms with van der Waals surface area (Å²) in [6.07, 6.45) is 3.74. The zero-order valence-electron chi connectivity index (χ0n) is 12.2. The molecule has 2 aliphatic rings. The fourth-order valence-electron chi connectivity index (χ4n) is 3.33. The maximum Gasteiger partial charge on any atom is 0.0469 e. The van der Waals surface area contributed by atoms with Gasteiger partial charge in [-0.05, 0) is 46.3 Å². The molecule has 18 heavy (non-hydrogen) atoms. The first-order valence-corrected chi connectivity index (χ1v) is 7.33. The summed E-state index contributed by atoms with van der Waals surface area (Å²) in [6, 6.07) is 1.38. The summed E-state index contributed by atoms with van der Waals surface area (Å²) in [5.74, 6) is 0.809. The summed E-state index contributed by atoms with van der Waals surface area (Å²) in [6.45, 7) is 5.36. The molecular formula is C14H29N3O. The molecule has 0 radical (unpaired) electrons. The van der Waals surface area contributed by atoms with Crippen LogP contribution in [0.15, 0.2) is 0 Å². The Morgan fingerprint density at radius 2 is 2.06 bits per heavy atom. The molecule has 0 aromatic heterocycles. The van der Waals surface area contributed by atoms with Gasteiger partial charge in [0.2, 0.25) is 0 Å². The van der Waals surface area contributed by atoms with Crippen molar-refractivity contribution in [2.24, 2.45) is 5.92 Å². The average Bonchev–Trinajstić information content (AvgIpc) is 2.38. The number of ether oxygens (including phenoxy) is 1. The first kappa shape index (κ1) is 14.3. The van der Waals surface area contributed by atoms with E-state index < -0.39 is 0 Å². The number of hydrogen-bond donors (Lipinski definition) is 1. The van der Waals surface area contributed by atoms with Crippen LogP contribution in [0.3, 0.4) is 0 Å². The fourth-order valence-corrected chi connectivity index (χ4v) is 3.33. The van der Waals surface area contributed by atoms with Gasteiger partial charge in [-0.2, -0.15) is 0 Å². The summed E-state index contributed by atoms with van der Waals surface area (Å²) >= 11 is 0. The van der Waals surface area contributed by atoms with Crippen molar-refractivity contribution in [3.8, 4) is 0 Å². The van der Waals surface area contributed by atoms with Gasteiger partial charge >= 0.3 is 0 Å². The Kier molecular flexibility index (Phi) is 5.42. The molecule has 106 valence electrons. The van der Waals surface area contributed by atoms with E-state index in [4.69, 9.17) is 4.74 Å². The van der Waals surface area contributed by atoms with Gasteiger partial charge in [0.1, 0.15) is 0 Å². The first-order chi connectivity index (χ1) is 8.68. The Balaban J connectivity index is 1.92. The number of rotatable bonds is 4. The molecule has 4 nitrogen and oxygen atoms in total. The zero-order valence-corrected chi connectivity index (χ0v) is 12.2. The Labute approximate surface area is 112 Å². The van der Waals surface area contributed by atoms with Gasteiger partial charge in [0, 0.05) is 44.9 Å². The quantitative estimate of drug-likeness (QED) is 0.798. The lowest BCUT2D eigenvalue weighted by Gasteiger charge is -2.41. The van der Waals surface area contributed by atoms with Crippen LogP contribution in [0.1, 0.15) is 19.3 Å². The van der Waals surface area contributed by atoms with Crippen molar-refractivity contribution < 1.29 is 4.74 Å². The van der Waals surface area contributed by atoms with Gasteiger partial charge in [-0.15, -0.1) is 0 Å². The lowest BCUT2D eigenvalue weighted by atomic mass is 9.86. The van der Waals surface area contributed by atoms with Crippen LogP contribution in [-0.4, -0.2) is 75.9 Å². The maximum absolute atomic E-state index is 5.50. The van der Waals surface area contributed by atoms with E-state index in [0.29, 0.717) is 12.1 Å². The van der Waals surface area contributed by atoms with Gasteiger partial charge in [0.05, 0.1) is 0 Å².